The molecule has 0 rings (SSSR count). The Morgan fingerprint density at radius 2 is 0.679 bits per heavy atom. The van der Waals surface area contributed by atoms with Gasteiger partial charge >= 0.3 is 19.8 Å². The average Bonchev–Trinajstić information content (AvgIpc) is 3.46. The number of hydrogen-bond donors (Lipinski definition) is 2. The van der Waals surface area contributed by atoms with Crippen LogP contribution in [0.4, 0.5) is 0 Å². The lowest BCUT2D eigenvalue weighted by Gasteiger charge is -2.19. The van der Waals surface area contributed by atoms with E-state index in [1.807, 2.05) is 0 Å². The molecule has 3 N–H and O–H groups in total. The van der Waals surface area contributed by atoms with Crippen LogP contribution in [0.3, 0.4) is 0 Å². The highest BCUT2D eigenvalue weighted by Gasteiger charge is 2.26. The highest BCUT2D eigenvalue weighted by Crippen LogP contribution is 2.43. The van der Waals surface area contributed by atoms with Gasteiger partial charge in [0.15, 0.2) is 6.10 Å². The molecule has 0 bridgehead atoms. The zero-order valence-electron chi connectivity index (χ0n) is 52.8. The van der Waals surface area contributed by atoms with Gasteiger partial charge in [-0.15, -0.1) is 0 Å². The Hall–Kier alpha value is -2.81. The molecule has 9 nitrogen and oxygen atoms in total. The Labute approximate surface area is 500 Å². The number of ether oxygens (including phenoxy) is 2. The Bertz CT molecular complexity index is 1600. The van der Waals surface area contributed by atoms with Crippen molar-refractivity contribution in [3.8, 4) is 0 Å². The number of allylic oxidation sites excluding steroid dienone is 14. The minimum atomic E-state index is -4.39. The van der Waals surface area contributed by atoms with E-state index in [-0.39, 0.29) is 38.6 Å². The summed E-state index contributed by atoms with van der Waals surface area (Å²) in [6.45, 7) is 3.68. The smallest absolute Gasteiger partial charge is 0.462 e. The van der Waals surface area contributed by atoms with Crippen LogP contribution in [-0.4, -0.2) is 49.3 Å². The molecule has 81 heavy (non-hydrogen) atoms. The van der Waals surface area contributed by atoms with Gasteiger partial charge in [-0.1, -0.05) is 324 Å². The van der Waals surface area contributed by atoms with E-state index >= 15 is 0 Å². The fraction of sp³-hybridized carbons (Fsp3) is 0.775. The van der Waals surface area contributed by atoms with Gasteiger partial charge < -0.3 is 20.1 Å². The van der Waals surface area contributed by atoms with E-state index in [0.717, 1.165) is 83.5 Å². The standard InChI is InChI=1S/C71H128NO8P/c1-3-5-7-9-11-13-15-17-19-21-23-25-27-29-30-31-32-33-34-35-36-37-38-40-42-44-46-48-50-52-54-56-58-60-62-64-71(74)80-69(68-79-81(75,76)78-66-65-72)67-77-70(73)63-61-59-57-55-53-51-49-47-45-43-41-39-28-26-24-22-20-18-16-14-12-10-8-6-4-2/h5,7,11,13,17,19,23,25,29-30,32-33,35-36,69H,3-4,6,8-10,12,14-16,18,20-22,24,26-28,31,34,37-68,72H2,1-2H3,(H,75,76)/b7-5-,13-11-,19-17-,25-23-,30-29-,33-32-,36-35-. The molecule has 0 fully saturated rings. The van der Waals surface area contributed by atoms with Crippen molar-refractivity contribution in [1.82, 2.24) is 0 Å². The molecule has 0 heterocycles. The SMILES string of the molecule is CC/C=C\C/C=C\C/C=C\C/C=C\C/C=C\C/C=C\C/C=C\CCCCCCCCCCCCCCCC(=O)OC(COC(=O)CCCCCCCCCCCCCCCCCCCCCCCCCCC)COP(=O)(O)OCCN. The minimum absolute atomic E-state index is 0.0524. The number of phosphoric ester groups is 1. The third-order valence-electron chi connectivity index (χ3n) is 14.8. The first-order chi connectivity index (χ1) is 39.8. The van der Waals surface area contributed by atoms with Crippen molar-refractivity contribution < 1.29 is 37.6 Å². The summed E-state index contributed by atoms with van der Waals surface area (Å²) < 4.78 is 33.2. The van der Waals surface area contributed by atoms with Crippen molar-refractivity contribution in [2.45, 2.75) is 328 Å². The Morgan fingerprint density at radius 3 is 1.01 bits per heavy atom. The van der Waals surface area contributed by atoms with E-state index in [4.69, 9.17) is 24.3 Å². The fourth-order valence-electron chi connectivity index (χ4n) is 9.80. The van der Waals surface area contributed by atoms with Crippen LogP contribution in [0.2, 0.25) is 0 Å². The zero-order chi connectivity index (χ0) is 58.7. The van der Waals surface area contributed by atoms with Gasteiger partial charge in [0.2, 0.25) is 0 Å². The highest BCUT2D eigenvalue weighted by molar-refractivity contribution is 7.47. The number of rotatable bonds is 64. The molecule has 0 aromatic carbocycles. The predicted molar refractivity (Wildman–Crippen MR) is 349 cm³/mol. The lowest BCUT2D eigenvalue weighted by Crippen LogP contribution is -2.29. The molecular formula is C71H128NO8P. The second-order valence-electron chi connectivity index (χ2n) is 22.7. The Kier molecular flexibility index (Phi) is 64.0. The number of carbonyl (C=O) groups is 2. The van der Waals surface area contributed by atoms with Crippen molar-refractivity contribution in [1.29, 1.82) is 0 Å². The van der Waals surface area contributed by atoms with Gasteiger partial charge in [0.25, 0.3) is 0 Å². The molecule has 0 aliphatic heterocycles. The van der Waals surface area contributed by atoms with Crippen LogP contribution in [-0.2, 0) is 32.7 Å². The largest absolute Gasteiger partial charge is 0.472 e. The average molecular weight is 1150 g/mol. The van der Waals surface area contributed by atoms with E-state index in [2.05, 4.69) is 98.9 Å². The molecule has 0 aliphatic carbocycles. The van der Waals surface area contributed by atoms with E-state index < -0.39 is 26.5 Å². The van der Waals surface area contributed by atoms with E-state index in [0.29, 0.717) is 6.42 Å². The molecule has 470 valence electrons. The lowest BCUT2D eigenvalue weighted by atomic mass is 10.0. The number of phosphoric acid groups is 1. The number of unbranched alkanes of at least 4 members (excludes halogenated alkanes) is 37. The van der Waals surface area contributed by atoms with E-state index in [1.165, 1.54) is 205 Å². The quantitative estimate of drug-likeness (QED) is 0.0264. The molecule has 0 aliphatic rings. The summed E-state index contributed by atoms with van der Waals surface area (Å²) in [5.41, 5.74) is 5.40. The Morgan fingerprint density at radius 1 is 0.383 bits per heavy atom. The van der Waals surface area contributed by atoms with Crippen LogP contribution in [0.1, 0.15) is 322 Å². The van der Waals surface area contributed by atoms with Crippen molar-refractivity contribution in [2.24, 2.45) is 5.73 Å². The summed E-state index contributed by atoms with van der Waals surface area (Å²) in [5.74, 6) is -0.816. The molecule has 0 saturated carbocycles. The van der Waals surface area contributed by atoms with Crippen molar-refractivity contribution >= 4 is 19.8 Å². The van der Waals surface area contributed by atoms with Crippen molar-refractivity contribution in [2.75, 3.05) is 26.4 Å². The summed E-state index contributed by atoms with van der Waals surface area (Å²) in [5, 5.41) is 0. The molecule has 10 heteroatoms. The van der Waals surface area contributed by atoms with E-state index in [1.54, 1.807) is 0 Å². The van der Waals surface area contributed by atoms with Crippen LogP contribution >= 0.6 is 7.82 Å². The molecule has 0 aromatic rings. The van der Waals surface area contributed by atoms with E-state index in [9.17, 15) is 19.0 Å². The minimum Gasteiger partial charge on any atom is -0.462 e. The van der Waals surface area contributed by atoms with Gasteiger partial charge in [-0.3, -0.25) is 18.6 Å². The molecule has 2 atom stereocenters. The summed E-state index contributed by atoms with van der Waals surface area (Å²) in [4.78, 5) is 35.3. The monoisotopic (exact) mass is 1150 g/mol. The topological polar surface area (TPSA) is 134 Å². The maximum absolute atomic E-state index is 12.8. The summed E-state index contributed by atoms with van der Waals surface area (Å²) in [6.07, 6.45) is 88.1. The number of carbonyl (C=O) groups excluding carboxylic acids is 2. The summed E-state index contributed by atoms with van der Waals surface area (Å²) >= 11 is 0. The molecule has 0 spiro atoms. The fourth-order valence-corrected chi connectivity index (χ4v) is 10.6. The van der Waals surface area contributed by atoms with Gasteiger partial charge in [-0.05, 0) is 70.6 Å². The maximum Gasteiger partial charge on any atom is 0.472 e. The first-order valence-electron chi connectivity index (χ1n) is 34.1. The molecule has 2 unspecified atom stereocenters. The summed E-state index contributed by atoms with van der Waals surface area (Å²) in [6, 6.07) is 0. The van der Waals surface area contributed by atoms with Crippen LogP contribution < -0.4 is 5.73 Å². The predicted octanol–water partition coefficient (Wildman–Crippen LogP) is 22.2. The van der Waals surface area contributed by atoms with Crippen LogP contribution in [0.25, 0.3) is 0 Å². The molecule has 0 aromatic heterocycles. The summed E-state index contributed by atoms with van der Waals surface area (Å²) in [7, 11) is -4.39. The number of esters is 2. The molecule has 0 amide bonds. The van der Waals surface area contributed by atoms with Crippen LogP contribution in [0.15, 0.2) is 85.1 Å². The van der Waals surface area contributed by atoms with Gasteiger partial charge in [0.1, 0.15) is 6.61 Å². The third-order valence-corrected chi connectivity index (χ3v) is 15.8. The second kappa shape index (κ2) is 66.3. The lowest BCUT2D eigenvalue weighted by molar-refractivity contribution is -0.161. The number of hydrogen-bond acceptors (Lipinski definition) is 8. The van der Waals surface area contributed by atoms with Crippen molar-refractivity contribution in [3.05, 3.63) is 85.1 Å². The Balaban J connectivity index is 3.89. The van der Waals surface area contributed by atoms with Gasteiger partial charge in [0, 0.05) is 19.4 Å². The number of nitrogens with two attached hydrogens (primary N) is 1. The van der Waals surface area contributed by atoms with Crippen LogP contribution in [0, 0.1) is 0 Å². The maximum atomic E-state index is 12.8. The van der Waals surface area contributed by atoms with Gasteiger partial charge in [0.05, 0.1) is 13.2 Å². The molecule has 0 saturated heterocycles. The zero-order valence-corrected chi connectivity index (χ0v) is 53.7. The molecular weight excluding hydrogens is 1030 g/mol. The first kappa shape index (κ1) is 78.2. The first-order valence-corrected chi connectivity index (χ1v) is 35.6. The molecule has 0 radical (unpaired) electrons. The normalized spacial score (nSPS) is 13.5. The van der Waals surface area contributed by atoms with Crippen molar-refractivity contribution in [3.63, 3.8) is 0 Å². The van der Waals surface area contributed by atoms with Gasteiger partial charge in [-0.25, -0.2) is 4.57 Å². The van der Waals surface area contributed by atoms with Gasteiger partial charge in [-0.2, -0.15) is 0 Å². The third kappa shape index (κ3) is 66.2. The highest BCUT2D eigenvalue weighted by atomic mass is 31.2. The van der Waals surface area contributed by atoms with Crippen LogP contribution in [0.5, 0.6) is 0 Å². The second-order valence-corrected chi connectivity index (χ2v) is 24.1.